The summed E-state index contributed by atoms with van der Waals surface area (Å²) >= 11 is 2.23. The molecule has 0 radical (unpaired) electrons. The molecule has 0 saturated heterocycles. The molecule has 5 nitrogen and oxygen atoms in total. The quantitative estimate of drug-likeness (QED) is 0.572. The van der Waals surface area contributed by atoms with Gasteiger partial charge in [-0.25, -0.2) is 0 Å². The zero-order chi connectivity index (χ0) is 12.9. The maximum absolute atomic E-state index is 11.3. The summed E-state index contributed by atoms with van der Waals surface area (Å²) in [6.07, 6.45) is 6.52. The number of likely N-dealkylation sites (N-methyl/N-ethyl adjacent to an activating group) is 1. The van der Waals surface area contributed by atoms with Crippen LogP contribution in [0.25, 0.3) is 0 Å². The maximum Gasteiger partial charge on any atom is 0.237 e. The highest BCUT2D eigenvalue weighted by Crippen LogP contribution is 2.13. The first-order valence-electron chi connectivity index (χ1n) is 5.65. The van der Waals surface area contributed by atoms with Crippen molar-refractivity contribution in [3.63, 3.8) is 0 Å². The fourth-order valence-electron chi connectivity index (χ4n) is 1.58. The van der Waals surface area contributed by atoms with Crippen LogP contribution in [-0.2, 0) is 11.3 Å². The molecule has 0 aliphatic carbocycles. The number of hydrogen-bond acceptors (Lipinski definition) is 3. The summed E-state index contributed by atoms with van der Waals surface area (Å²) in [6, 6.07) is 0. The van der Waals surface area contributed by atoms with Crippen molar-refractivity contribution < 1.29 is 4.79 Å². The van der Waals surface area contributed by atoms with Gasteiger partial charge >= 0.3 is 0 Å². The van der Waals surface area contributed by atoms with Crippen LogP contribution in [0.3, 0.4) is 0 Å². The Labute approximate surface area is 115 Å². The topological polar surface area (TPSA) is 72.9 Å². The summed E-state index contributed by atoms with van der Waals surface area (Å²) in [6.45, 7) is 2.72. The second-order valence-electron chi connectivity index (χ2n) is 4.33. The van der Waals surface area contributed by atoms with Crippen LogP contribution in [0, 0.1) is 3.57 Å². The molecule has 1 heterocycles. The minimum Gasteiger partial charge on any atom is -0.368 e. The first-order chi connectivity index (χ1) is 7.98. The predicted octanol–water partition coefficient (Wildman–Crippen LogP) is 1.12. The zero-order valence-corrected chi connectivity index (χ0v) is 12.4. The van der Waals surface area contributed by atoms with E-state index in [4.69, 9.17) is 5.73 Å². The summed E-state index contributed by atoms with van der Waals surface area (Å²) in [4.78, 5) is 11.3. The number of hydrogen-bond donors (Lipinski definition) is 2. The molecule has 0 bridgehead atoms. The summed E-state index contributed by atoms with van der Waals surface area (Å²) in [5.41, 5.74) is 4.76. The molecule has 1 amide bonds. The van der Waals surface area contributed by atoms with Crippen LogP contribution in [0.2, 0.25) is 0 Å². The molecule has 1 rings (SSSR count). The van der Waals surface area contributed by atoms with E-state index in [1.54, 1.807) is 7.05 Å². The van der Waals surface area contributed by atoms with Crippen LogP contribution >= 0.6 is 22.6 Å². The molecule has 1 unspecified atom stereocenters. The third-order valence-electron chi connectivity index (χ3n) is 3.01. The van der Waals surface area contributed by atoms with Crippen molar-refractivity contribution >= 4 is 28.5 Å². The van der Waals surface area contributed by atoms with Crippen LogP contribution in [0.4, 0.5) is 0 Å². The van der Waals surface area contributed by atoms with Crippen LogP contribution < -0.4 is 11.1 Å². The van der Waals surface area contributed by atoms with E-state index in [1.165, 1.54) is 0 Å². The maximum atomic E-state index is 11.3. The number of carbonyl (C=O) groups excluding carboxylic acids is 1. The summed E-state index contributed by atoms with van der Waals surface area (Å²) in [5, 5.41) is 7.19. The van der Waals surface area contributed by atoms with Gasteiger partial charge in [-0.1, -0.05) is 0 Å². The molecule has 0 aliphatic heterocycles. The highest BCUT2D eigenvalue weighted by atomic mass is 127. The number of nitrogens with two attached hydrogens (primary N) is 1. The lowest BCUT2D eigenvalue weighted by Crippen LogP contribution is -2.51. The summed E-state index contributed by atoms with van der Waals surface area (Å²) in [5.74, 6) is -0.298. The number of nitrogens with zero attached hydrogens (tertiary/aromatic N) is 2. The minimum absolute atomic E-state index is 0.298. The number of carbonyl (C=O) groups is 1. The SMILES string of the molecule is CNC(C)(CCCCn1cc(I)cn1)C(N)=O. The molecule has 0 saturated carbocycles. The van der Waals surface area contributed by atoms with E-state index in [0.29, 0.717) is 0 Å². The van der Waals surface area contributed by atoms with Gasteiger partial charge in [-0.3, -0.25) is 9.48 Å². The number of primary amides is 1. The largest absolute Gasteiger partial charge is 0.368 e. The lowest BCUT2D eigenvalue weighted by atomic mass is 9.94. The van der Waals surface area contributed by atoms with E-state index in [2.05, 4.69) is 33.0 Å². The van der Waals surface area contributed by atoms with Gasteiger partial charge in [-0.15, -0.1) is 0 Å². The number of rotatable bonds is 7. The molecular weight excluding hydrogens is 331 g/mol. The molecule has 0 aromatic carbocycles. The van der Waals surface area contributed by atoms with Gasteiger partial charge in [0.2, 0.25) is 5.91 Å². The van der Waals surface area contributed by atoms with Crippen LogP contribution in [0.15, 0.2) is 12.4 Å². The van der Waals surface area contributed by atoms with E-state index in [-0.39, 0.29) is 5.91 Å². The third-order valence-corrected chi connectivity index (χ3v) is 3.57. The van der Waals surface area contributed by atoms with Crippen molar-refractivity contribution in [1.29, 1.82) is 0 Å². The summed E-state index contributed by atoms with van der Waals surface area (Å²) in [7, 11) is 1.76. The van der Waals surface area contributed by atoms with Gasteiger partial charge in [-0.05, 0) is 55.8 Å². The normalized spacial score (nSPS) is 14.5. The van der Waals surface area contributed by atoms with E-state index >= 15 is 0 Å². The standard InChI is InChI=1S/C11H19IN4O/c1-11(14-2,10(13)17)5-3-4-6-16-8-9(12)7-15-16/h7-8,14H,3-6H2,1-2H3,(H2,13,17). The zero-order valence-electron chi connectivity index (χ0n) is 10.2. The Morgan fingerprint density at radius 1 is 1.65 bits per heavy atom. The molecule has 1 atom stereocenters. The number of amides is 1. The molecule has 0 spiro atoms. The van der Waals surface area contributed by atoms with Crippen molar-refractivity contribution in [1.82, 2.24) is 15.1 Å². The van der Waals surface area contributed by atoms with Crippen molar-refractivity contribution in [2.75, 3.05) is 7.05 Å². The fourth-order valence-corrected chi connectivity index (χ4v) is 2.03. The first-order valence-corrected chi connectivity index (χ1v) is 6.72. The number of unbranched alkanes of at least 4 members (excludes halogenated alkanes) is 1. The average Bonchev–Trinajstić information content (AvgIpc) is 2.70. The second-order valence-corrected chi connectivity index (χ2v) is 5.57. The van der Waals surface area contributed by atoms with Gasteiger partial charge in [0.25, 0.3) is 0 Å². The van der Waals surface area contributed by atoms with Crippen LogP contribution in [0.1, 0.15) is 26.2 Å². The molecule has 96 valence electrons. The Morgan fingerprint density at radius 2 is 2.35 bits per heavy atom. The molecule has 1 aromatic rings. The van der Waals surface area contributed by atoms with E-state index < -0.39 is 5.54 Å². The number of nitrogens with one attached hydrogen (secondary N) is 1. The Kier molecular flexibility index (Phi) is 5.38. The van der Waals surface area contributed by atoms with Crippen LogP contribution in [0.5, 0.6) is 0 Å². The minimum atomic E-state index is -0.599. The molecule has 0 aliphatic rings. The van der Waals surface area contributed by atoms with Crippen molar-refractivity contribution in [2.24, 2.45) is 5.73 Å². The Hall–Kier alpha value is -0.630. The van der Waals surface area contributed by atoms with Gasteiger partial charge < -0.3 is 11.1 Å². The average molecular weight is 350 g/mol. The van der Waals surface area contributed by atoms with Crippen molar-refractivity contribution in [2.45, 2.75) is 38.3 Å². The highest BCUT2D eigenvalue weighted by molar-refractivity contribution is 14.1. The number of aryl methyl sites for hydroxylation is 1. The molecular formula is C11H19IN4O. The monoisotopic (exact) mass is 350 g/mol. The van der Waals surface area contributed by atoms with Gasteiger partial charge in [0.15, 0.2) is 0 Å². The molecule has 6 heteroatoms. The van der Waals surface area contributed by atoms with Crippen LogP contribution in [-0.4, -0.2) is 28.3 Å². The Bertz CT molecular complexity index is 379. The lowest BCUT2D eigenvalue weighted by Gasteiger charge is -2.25. The highest BCUT2D eigenvalue weighted by Gasteiger charge is 2.27. The smallest absolute Gasteiger partial charge is 0.237 e. The van der Waals surface area contributed by atoms with Gasteiger partial charge in [0, 0.05) is 12.7 Å². The summed E-state index contributed by atoms with van der Waals surface area (Å²) < 4.78 is 3.06. The van der Waals surface area contributed by atoms with E-state index in [1.807, 2.05) is 24.0 Å². The third kappa shape index (κ3) is 4.27. The fraction of sp³-hybridized carbons (Fsp3) is 0.636. The molecule has 1 aromatic heterocycles. The van der Waals surface area contributed by atoms with Crippen molar-refractivity contribution in [3.05, 3.63) is 16.0 Å². The number of halogens is 1. The van der Waals surface area contributed by atoms with E-state index in [0.717, 1.165) is 29.4 Å². The molecule has 0 fully saturated rings. The van der Waals surface area contributed by atoms with E-state index in [9.17, 15) is 4.79 Å². The molecule has 17 heavy (non-hydrogen) atoms. The van der Waals surface area contributed by atoms with Gasteiger partial charge in [0.1, 0.15) is 0 Å². The molecule has 3 N–H and O–H groups in total. The Morgan fingerprint density at radius 3 is 2.82 bits per heavy atom. The lowest BCUT2D eigenvalue weighted by molar-refractivity contribution is -0.123. The Balaban J connectivity index is 2.30. The van der Waals surface area contributed by atoms with Gasteiger partial charge in [-0.2, -0.15) is 5.10 Å². The number of aromatic nitrogens is 2. The van der Waals surface area contributed by atoms with Crippen molar-refractivity contribution in [3.8, 4) is 0 Å². The second kappa shape index (κ2) is 6.34. The van der Waals surface area contributed by atoms with Gasteiger partial charge in [0.05, 0.1) is 15.3 Å². The predicted molar refractivity (Wildman–Crippen MR) is 75.5 cm³/mol. The first kappa shape index (κ1) is 14.4.